The zero-order valence-electron chi connectivity index (χ0n) is 14.5. The van der Waals surface area contributed by atoms with Gasteiger partial charge < -0.3 is 19.7 Å². The monoisotopic (exact) mass is 348 g/mol. The molecule has 0 saturated carbocycles. The standard InChI is InChI=1S/C19H24O6/c1-12(2)18(22)24-10-16(20)9-14-6-5-7-15(8-14)17(21)11-25-19(23)13(3)4/h5-8,16-17,20-21H,1,3,9-11H2,2,4H3. The van der Waals surface area contributed by atoms with Gasteiger partial charge in [-0.2, -0.15) is 0 Å². The Bertz CT molecular complexity index is 649. The largest absolute Gasteiger partial charge is 0.460 e. The number of rotatable bonds is 9. The molecule has 0 heterocycles. The number of carbonyl (C=O) groups excluding carboxylic acids is 2. The number of hydrogen-bond donors (Lipinski definition) is 2. The van der Waals surface area contributed by atoms with Gasteiger partial charge in [0, 0.05) is 17.6 Å². The number of carbonyl (C=O) groups is 2. The van der Waals surface area contributed by atoms with Crippen molar-refractivity contribution in [2.75, 3.05) is 13.2 Å². The molecule has 6 nitrogen and oxygen atoms in total. The molecular formula is C19H24O6. The van der Waals surface area contributed by atoms with Crippen LogP contribution >= 0.6 is 0 Å². The van der Waals surface area contributed by atoms with Gasteiger partial charge in [-0.3, -0.25) is 0 Å². The summed E-state index contributed by atoms with van der Waals surface area (Å²) in [6.07, 6.45) is -1.62. The zero-order chi connectivity index (χ0) is 19.0. The lowest BCUT2D eigenvalue weighted by molar-refractivity contribution is -0.142. The lowest BCUT2D eigenvalue weighted by Gasteiger charge is -2.15. The number of ether oxygens (including phenoxy) is 2. The Morgan fingerprint density at radius 2 is 1.60 bits per heavy atom. The van der Waals surface area contributed by atoms with Crippen LogP contribution in [0.4, 0.5) is 0 Å². The molecule has 0 aliphatic heterocycles. The highest BCUT2D eigenvalue weighted by Crippen LogP contribution is 2.17. The van der Waals surface area contributed by atoms with E-state index in [1.54, 1.807) is 24.3 Å². The van der Waals surface area contributed by atoms with Gasteiger partial charge in [0.05, 0.1) is 6.10 Å². The SMILES string of the molecule is C=C(C)C(=O)OCC(O)Cc1cccc(C(O)COC(=O)C(=C)C)c1. The van der Waals surface area contributed by atoms with Gasteiger partial charge in [0.15, 0.2) is 0 Å². The molecule has 0 saturated heterocycles. The Labute approximate surface area is 147 Å². The average Bonchev–Trinajstić information content (AvgIpc) is 2.57. The summed E-state index contributed by atoms with van der Waals surface area (Å²) in [7, 11) is 0. The maximum absolute atomic E-state index is 11.4. The second-order valence-corrected chi connectivity index (χ2v) is 5.88. The molecule has 25 heavy (non-hydrogen) atoms. The molecule has 2 N–H and O–H groups in total. The summed E-state index contributed by atoms with van der Waals surface area (Å²) in [5.41, 5.74) is 1.83. The van der Waals surface area contributed by atoms with E-state index in [4.69, 9.17) is 9.47 Å². The van der Waals surface area contributed by atoms with Gasteiger partial charge in [0.25, 0.3) is 0 Å². The van der Waals surface area contributed by atoms with Gasteiger partial charge in [-0.15, -0.1) is 0 Å². The zero-order valence-corrected chi connectivity index (χ0v) is 14.5. The third kappa shape index (κ3) is 7.32. The van der Waals surface area contributed by atoms with Gasteiger partial charge in [-0.1, -0.05) is 37.4 Å². The number of aliphatic hydroxyl groups is 2. The first kappa shape index (κ1) is 20.6. The van der Waals surface area contributed by atoms with Crippen LogP contribution in [0.2, 0.25) is 0 Å². The molecule has 1 rings (SSSR count). The summed E-state index contributed by atoms with van der Waals surface area (Å²) < 4.78 is 9.82. The number of hydrogen-bond acceptors (Lipinski definition) is 6. The van der Waals surface area contributed by atoms with Gasteiger partial charge >= 0.3 is 11.9 Å². The van der Waals surface area contributed by atoms with Crippen LogP contribution in [0.3, 0.4) is 0 Å². The summed E-state index contributed by atoms with van der Waals surface area (Å²) in [6.45, 7) is 9.65. The first-order chi connectivity index (χ1) is 11.7. The van der Waals surface area contributed by atoms with Gasteiger partial charge in [-0.25, -0.2) is 9.59 Å². The number of esters is 2. The molecule has 0 radical (unpaired) electrons. The van der Waals surface area contributed by atoms with Gasteiger partial charge in [0.2, 0.25) is 0 Å². The van der Waals surface area contributed by atoms with Crippen molar-refractivity contribution >= 4 is 11.9 Å². The first-order valence-electron chi connectivity index (χ1n) is 7.81. The molecular weight excluding hydrogens is 324 g/mol. The molecule has 2 unspecified atom stereocenters. The normalized spacial score (nSPS) is 12.8. The van der Waals surface area contributed by atoms with E-state index in [0.29, 0.717) is 5.56 Å². The van der Waals surface area contributed by atoms with E-state index in [9.17, 15) is 19.8 Å². The Morgan fingerprint density at radius 1 is 1.04 bits per heavy atom. The van der Waals surface area contributed by atoms with Crippen LogP contribution in [-0.2, 0) is 25.5 Å². The van der Waals surface area contributed by atoms with Gasteiger partial charge in [0.1, 0.15) is 19.3 Å². The Hall–Kier alpha value is -2.44. The minimum atomic E-state index is -0.985. The topological polar surface area (TPSA) is 93.1 Å². The summed E-state index contributed by atoms with van der Waals surface area (Å²) in [4.78, 5) is 22.7. The third-order valence-corrected chi connectivity index (χ3v) is 3.28. The average molecular weight is 348 g/mol. The van der Waals surface area contributed by atoms with Crippen molar-refractivity contribution in [3.05, 3.63) is 59.7 Å². The van der Waals surface area contributed by atoms with E-state index in [2.05, 4.69) is 13.2 Å². The van der Waals surface area contributed by atoms with E-state index in [0.717, 1.165) is 5.56 Å². The van der Waals surface area contributed by atoms with Crippen LogP contribution in [0.5, 0.6) is 0 Å². The van der Waals surface area contributed by atoms with Crippen molar-refractivity contribution in [1.82, 2.24) is 0 Å². The summed E-state index contributed by atoms with van der Waals surface area (Å²) >= 11 is 0. The molecule has 6 heteroatoms. The van der Waals surface area contributed by atoms with Crippen molar-refractivity contribution in [1.29, 1.82) is 0 Å². The second kappa shape index (κ2) is 9.76. The van der Waals surface area contributed by atoms with Crippen LogP contribution in [-0.4, -0.2) is 41.5 Å². The van der Waals surface area contributed by atoms with Crippen LogP contribution < -0.4 is 0 Å². The van der Waals surface area contributed by atoms with E-state index >= 15 is 0 Å². The molecule has 0 bridgehead atoms. The maximum atomic E-state index is 11.4. The molecule has 1 aromatic carbocycles. The van der Waals surface area contributed by atoms with Crippen molar-refractivity contribution in [3.8, 4) is 0 Å². The first-order valence-corrected chi connectivity index (χ1v) is 7.81. The lowest BCUT2D eigenvalue weighted by Crippen LogP contribution is -2.21. The molecule has 0 aliphatic rings. The molecule has 0 aromatic heterocycles. The fraction of sp³-hybridized carbons (Fsp3) is 0.368. The summed E-state index contributed by atoms with van der Waals surface area (Å²) in [5.74, 6) is -1.12. The molecule has 1 aromatic rings. The van der Waals surface area contributed by atoms with Crippen LogP contribution in [0, 0.1) is 0 Å². The van der Waals surface area contributed by atoms with Crippen LogP contribution in [0.15, 0.2) is 48.6 Å². The minimum absolute atomic E-state index is 0.144. The van der Waals surface area contributed by atoms with Crippen LogP contribution in [0.1, 0.15) is 31.1 Å². The molecule has 0 amide bonds. The fourth-order valence-electron chi connectivity index (χ4n) is 1.93. The molecule has 2 atom stereocenters. The predicted octanol–water partition coefficient (Wildman–Crippen LogP) is 1.86. The Kier molecular flexibility index (Phi) is 8.04. The van der Waals surface area contributed by atoms with E-state index in [1.165, 1.54) is 13.8 Å². The summed E-state index contributed by atoms with van der Waals surface area (Å²) in [5, 5.41) is 20.1. The lowest BCUT2D eigenvalue weighted by atomic mass is 10.0. The van der Waals surface area contributed by atoms with Crippen molar-refractivity contribution in [2.45, 2.75) is 32.5 Å². The minimum Gasteiger partial charge on any atom is -0.460 e. The predicted molar refractivity (Wildman–Crippen MR) is 92.7 cm³/mol. The summed E-state index contributed by atoms with van der Waals surface area (Å²) in [6, 6.07) is 6.89. The second-order valence-electron chi connectivity index (χ2n) is 5.88. The van der Waals surface area contributed by atoms with Crippen LogP contribution in [0.25, 0.3) is 0 Å². The Morgan fingerprint density at radius 3 is 2.16 bits per heavy atom. The highest BCUT2D eigenvalue weighted by molar-refractivity contribution is 5.87. The molecule has 0 spiro atoms. The maximum Gasteiger partial charge on any atom is 0.333 e. The highest BCUT2D eigenvalue weighted by Gasteiger charge is 2.14. The third-order valence-electron chi connectivity index (χ3n) is 3.28. The molecule has 0 fully saturated rings. The Balaban J connectivity index is 2.58. The van der Waals surface area contributed by atoms with Crippen molar-refractivity contribution < 1.29 is 29.3 Å². The highest BCUT2D eigenvalue weighted by atomic mass is 16.5. The van der Waals surface area contributed by atoms with Crippen molar-refractivity contribution in [2.24, 2.45) is 0 Å². The van der Waals surface area contributed by atoms with Gasteiger partial charge in [-0.05, 0) is 25.0 Å². The smallest absolute Gasteiger partial charge is 0.333 e. The van der Waals surface area contributed by atoms with E-state index < -0.39 is 24.1 Å². The van der Waals surface area contributed by atoms with E-state index in [1.807, 2.05) is 0 Å². The van der Waals surface area contributed by atoms with Crippen molar-refractivity contribution in [3.63, 3.8) is 0 Å². The molecule has 136 valence electrons. The quantitative estimate of drug-likeness (QED) is 0.523. The van der Waals surface area contributed by atoms with E-state index in [-0.39, 0.29) is 30.8 Å². The fourth-order valence-corrected chi connectivity index (χ4v) is 1.93. The number of aliphatic hydroxyl groups excluding tert-OH is 2. The molecule has 0 aliphatic carbocycles. The number of benzene rings is 1.